The van der Waals surface area contributed by atoms with Crippen LogP contribution in [0.1, 0.15) is 11.1 Å². The number of benzene rings is 1. The van der Waals surface area contributed by atoms with Crippen molar-refractivity contribution in [1.82, 2.24) is 4.98 Å². The van der Waals surface area contributed by atoms with Crippen LogP contribution in [-0.4, -0.2) is 4.98 Å². The van der Waals surface area contributed by atoms with Gasteiger partial charge in [-0.25, -0.2) is 9.37 Å². The number of nitrogens with zero attached hydrogens (tertiary/aromatic N) is 1. The van der Waals surface area contributed by atoms with Gasteiger partial charge in [0.25, 0.3) is 0 Å². The van der Waals surface area contributed by atoms with Crippen LogP contribution in [0.2, 0.25) is 15.3 Å². The second kappa shape index (κ2) is 5.95. The summed E-state index contributed by atoms with van der Waals surface area (Å²) in [7, 11) is 0. The molecule has 2 rings (SSSR count). The van der Waals surface area contributed by atoms with Crippen LogP contribution in [0.25, 0.3) is 0 Å². The maximum absolute atomic E-state index is 13.6. The Bertz CT molecular complexity index is 594. The van der Waals surface area contributed by atoms with Crippen LogP contribution < -0.4 is 5.32 Å². The van der Waals surface area contributed by atoms with Crippen molar-refractivity contribution in [3.8, 4) is 0 Å². The summed E-state index contributed by atoms with van der Waals surface area (Å²) >= 11 is 17.6. The zero-order valence-corrected chi connectivity index (χ0v) is 12.2. The van der Waals surface area contributed by atoms with Gasteiger partial charge in [0.05, 0.1) is 5.69 Å². The quantitative estimate of drug-likeness (QED) is 0.796. The Hall–Kier alpha value is -1.03. The lowest BCUT2D eigenvalue weighted by molar-refractivity contribution is 0.613. The monoisotopic (exact) mass is 318 g/mol. The molecule has 6 heteroatoms. The molecular formula is C13H10Cl3FN2. The molecule has 0 aliphatic carbocycles. The molecule has 0 atom stereocenters. The molecule has 2 aromatic rings. The number of hydrogen-bond donors (Lipinski definition) is 1. The second-order valence-corrected chi connectivity index (χ2v) is 5.20. The number of rotatable bonds is 3. The van der Waals surface area contributed by atoms with E-state index >= 15 is 0 Å². The van der Waals surface area contributed by atoms with Crippen LogP contribution in [0.5, 0.6) is 0 Å². The number of nitrogens with one attached hydrogen (secondary N) is 1. The normalized spacial score (nSPS) is 10.6. The summed E-state index contributed by atoms with van der Waals surface area (Å²) in [5.74, 6) is -0.326. The predicted octanol–water partition coefficient (Wildman–Crippen LogP) is 5.10. The Morgan fingerprint density at radius 2 is 1.95 bits per heavy atom. The van der Waals surface area contributed by atoms with E-state index in [9.17, 15) is 4.39 Å². The van der Waals surface area contributed by atoms with Gasteiger partial charge in [-0.1, -0.05) is 34.8 Å². The first kappa shape index (κ1) is 14.4. The minimum absolute atomic E-state index is 0.257. The van der Waals surface area contributed by atoms with Gasteiger partial charge in [-0.05, 0) is 36.8 Å². The molecule has 19 heavy (non-hydrogen) atoms. The Labute approximate surface area is 125 Å². The lowest BCUT2D eigenvalue weighted by Crippen LogP contribution is -2.04. The van der Waals surface area contributed by atoms with Crippen molar-refractivity contribution in [3.05, 3.63) is 56.5 Å². The molecule has 0 radical (unpaired) electrons. The lowest BCUT2D eigenvalue weighted by atomic mass is 10.2. The highest BCUT2D eigenvalue weighted by Gasteiger charge is 2.09. The second-order valence-electron chi connectivity index (χ2n) is 4.02. The first-order valence-corrected chi connectivity index (χ1v) is 6.61. The molecule has 0 unspecified atom stereocenters. The fraction of sp³-hybridized carbons (Fsp3) is 0.154. The third kappa shape index (κ3) is 3.50. The van der Waals surface area contributed by atoms with Crippen molar-refractivity contribution < 1.29 is 4.39 Å². The maximum atomic E-state index is 13.6. The SMILES string of the molecule is Cc1cc(Cl)nc(Cl)c1NCc1cc(Cl)ccc1F. The molecule has 2 nitrogen and oxygen atoms in total. The molecule has 1 aromatic heterocycles. The Morgan fingerprint density at radius 3 is 2.63 bits per heavy atom. The highest BCUT2D eigenvalue weighted by Crippen LogP contribution is 2.27. The standard InChI is InChI=1S/C13H10Cl3FN2/c1-7-4-11(15)19-13(16)12(7)18-6-8-5-9(14)2-3-10(8)17/h2-5,18H,6H2,1H3. The van der Waals surface area contributed by atoms with Gasteiger partial charge in [0.2, 0.25) is 0 Å². The van der Waals surface area contributed by atoms with Gasteiger partial charge >= 0.3 is 0 Å². The summed E-state index contributed by atoms with van der Waals surface area (Å²) in [6, 6.07) is 6.08. The highest BCUT2D eigenvalue weighted by molar-refractivity contribution is 6.34. The highest BCUT2D eigenvalue weighted by atomic mass is 35.5. The maximum Gasteiger partial charge on any atom is 0.154 e. The summed E-state index contributed by atoms with van der Waals surface area (Å²) in [6.07, 6.45) is 0. The van der Waals surface area contributed by atoms with Crippen LogP contribution in [-0.2, 0) is 6.54 Å². The van der Waals surface area contributed by atoms with E-state index < -0.39 is 0 Å². The Morgan fingerprint density at radius 1 is 1.21 bits per heavy atom. The molecule has 0 saturated heterocycles. The van der Waals surface area contributed by atoms with Crippen molar-refractivity contribution in [1.29, 1.82) is 0 Å². The molecule has 0 saturated carbocycles. The summed E-state index contributed by atoms with van der Waals surface area (Å²) < 4.78 is 13.6. The summed E-state index contributed by atoms with van der Waals surface area (Å²) in [6.45, 7) is 2.10. The molecule has 0 spiro atoms. The van der Waals surface area contributed by atoms with Crippen molar-refractivity contribution in [3.63, 3.8) is 0 Å². The van der Waals surface area contributed by atoms with E-state index in [1.54, 1.807) is 12.1 Å². The number of aromatic nitrogens is 1. The van der Waals surface area contributed by atoms with Gasteiger partial charge in [-0.2, -0.15) is 0 Å². The van der Waals surface area contributed by atoms with Gasteiger partial charge in [-0.15, -0.1) is 0 Å². The van der Waals surface area contributed by atoms with Gasteiger partial charge in [0, 0.05) is 17.1 Å². The van der Waals surface area contributed by atoms with Crippen molar-refractivity contribution in [2.45, 2.75) is 13.5 Å². The van der Waals surface area contributed by atoms with Gasteiger partial charge in [-0.3, -0.25) is 0 Å². The van der Waals surface area contributed by atoms with Crippen LogP contribution in [0, 0.1) is 12.7 Å². The van der Waals surface area contributed by atoms with Crippen LogP contribution in [0.3, 0.4) is 0 Å². The van der Waals surface area contributed by atoms with E-state index in [1.807, 2.05) is 6.92 Å². The van der Waals surface area contributed by atoms with E-state index in [-0.39, 0.29) is 17.5 Å². The van der Waals surface area contributed by atoms with Gasteiger partial charge in [0.1, 0.15) is 11.0 Å². The summed E-state index contributed by atoms with van der Waals surface area (Å²) in [4.78, 5) is 3.94. The van der Waals surface area contributed by atoms with E-state index in [0.29, 0.717) is 21.4 Å². The van der Waals surface area contributed by atoms with Crippen molar-refractivity contribution >= 4 is 40.5 Å². The molecule has 0 aliphatic heterocycles. The molecular weight excluding hydrogens is 310 g/mol. The smallest absolute Gasteiger partial charge is 0.154 e. The van der Waals surface area contributed by atoms with Crippen molar-refractivity contribution in [2.24, 2.45) is 0 Å². The number of pyridine rings is 1. The van der Waals surface area contributed by atoms with E-state index in [4.69, 9.17) is 34.8 Å². The first-order chi connectivity index (χ1) is 8.97. The van der Waals surface area contributed by atoms with E-state index in [0.717, 1.165) is 5.56 Å². The topological polar surface area (TPSA) is 24.9 Å². The summed E-state index contributed by atoms with van der Waals surface area (Å²) in [5.41, 5.74) is 1.93. The molecule has 1 N–H and O–H groups in total. The Kier molecular flexibility index (Phi) is 4.50. The average molecular weight is 320 g/mol. The molecule has 0 amide bonds. The number of halogens is 4. The molecule has 1 aromatic carbocycles. The van der Waals surface area contributed by atoms with Crippen LogP contribution in [0.15, 0.2) is 24.3 Å². The van der Waals surface area contributed by atoms with Gasteiger partial charge < -0.3 is 5.32 Å². The third-order valence-electron chi connectivity index (χ3n) is 2.60. The third-order valence-corrected chi connectivity index (χ3v) is 3.31. The van der Waals surface area contributed by atoms with E-state index in [2.05, 4.69) is 10.3 Å². The first-order valence-electron chi connectivity index (χ1n) is 5.48. The Balaban J connectivity index is 2.21. The minimum atomic E-state index is -0.326. The molecule has 100 valence electrons. The number of aryl methyl sites for hydroxylation is 1. The zero-order chi connectivity index (χ0) is 14.0. The summed E-state index contributed by atoms with van der Waals surface area (Å²) in [5, 5.41) is 4.10. The number of anilines is 1. The molecule has 0 aliphatic rings. The van der Waals surface area contributed by atoms with E-state index in [1.165, 1.54) is 12.1 Å². The average Bonchev–Trinajstić information content (AvgIpc) is 2.32. The minimum Gasteiger partial charge on any atom is -0.378 e. The fourth-order valence-electron chi connectivity index (χ4n) is 1.67. The van der Waals surface area contributed by atoms with Crippen molar-refractivity contribution in [2.75, 3.05) is 5.32 Å². The van der Waals surface area contributed by atoms with Crippen LogP contribution >= 0.6 is 34.8 Å². The fourth-order valence-corrected chi connectivity index (χ4v) is 2.46. The molecule has 0 fully saturated rings. The molecule has 1 heterocycles. The number of hydrogen-bond acceptors (Lipinski definition) is 2. The predicted molar refractivity (Wildman–Crippen MR) is 77.7 cm³/mol. The van der Waals surface area contributed by atoms with Gasteiger partial charge in [0.15, 0.2) is 5.15 Å². The molecule has 0 bridgehead atoms. The largest absolute Gasteiger partial charge is 0.378 e. The van der Waals surface area contributed by atoms with Crippen LogP contribution in [0.4, 0.5) is 10.1 Å². The zero-order valence-electron chi connectivity index (χ0n) is 9.98. The lowest BCUT2D eigenvalue weighted by Gasteiger charge is -2.12.